The van der Waals surface area contributed by atoms with Gasteiger partial charge in [-0.2, -0.15) is 4.98 Å². The fraction of sp³-hybridized carbons (Fsp3) is 0.0455. The molecule has 0 aliphatic carbocycles. The molecular formula is C22H16FN3O5S. The summed E-state index contributed by atoms with van der Waals surface area (Å²) >= 11 is 0. The number of rotatable bonds is 7. The van der Waals surface area contributed by atoms with Crippen LogP contribution in [0.15, 0.2) is 88.3 Å². The Bertz CT molecular complexity index is 1320. The first kappa shape index (κ1) is 21.2. The molecule has 0 spiro atoms. The Morgan fingerprint density at radius 3 is 2.34 bits per heavy atom. The highest BCUT2D eigenvalue weighted by atomic mass is 32.2. The zero-order chi connectivity index (χ0) is 22.6. The van der Waals surface area contributed by atoms with E-state index in [2.05, 4.69) is 14.9 Å². The molecule has 0 aliphatic heterocycles. The Morgan fingerprint density at radius 1 is 0.969 bits per heavy atom. The van der Waals surface area contributed by atoms with Gasteiger partial charge in [0.25, 0.3) is 15.9 Å². The summed E-state index contributed by atoms with van der Waals surface area (Å²) in [5.74, 6) is -0.782. The van der Waals surface area contributed by atoms with Gasteiger partial charge >= 0.3 is 5.97 Å². The Labute approximate surface area is 182 Å². The van der Waals surface area contributed by atoms with Gasteiger partial charge in [0.05, 0.1) is 10.5 Å². The van der Waals surface area contributed by atoms with Crippen molar-refractivity contribution in [1.29, 1.82) is 0 Å². The van der Waals surface area contributed by atoms with Gasteiger partial charge in [-0.15, -0.1) is 0 Å². The normalized spacial score (nSPS) is 11.2. The second kappa shape index (κ2) is 8.98. The average molecular weight is 453 g/mol. The molecule has 0 fully saturated rings. The predicted octanol–water partition coefficient (Wildman–Crippen LogP) is 4.03. The number of para-hydroxylation sites is 1. The Balaban J connectivity index is 1.37. The molecule has 4 rings (SSSR count). The van der Waals surface area contributed by atoms with Gasteiger partial charge in [-0.25, -0.2) is 17.6 Å². The third kappa shape index (κ3) is 4.98. The fourth-order valence-corrected chi connectivity index (χ4v) is 3.78. The highest BCUT2D eigenvalue weighted by Gasteiger charge is 2.17. The van der Waals surface area contributed by atoms with E-state index in [1.54, 1.807) is 30.3 Å². The van der Waals surface area contributed by atoms with Gasteiger partial charge in [0.1, 0.15) is 5.82 Å². The molecular weight excluding hydrogens is 437 g/mol. The molecule has 0 amide bonds. The van der Waals surface area contributed by atoms with Crippen LogP contribution < -0.4 is 4.72 Å². The molecule has 10 heteroatoms. The van der Waals surface area contributed by atoms with E-state index in [1.165, 1.54) is 48.5 Å². The number of carbonyl (C=O) groups is 1. The number of nitrogens with zero attached hydrogens (tertiary/aromatic N) is 2. The number of halogens is 1. The molecule has 0 aliphatic rings. The standard InChI is InChI=1S/C22H16FN3O5S/c23-17-10-6-15(7-11-17)21-24-20(25-31-21)14-30-22(27)16-8-12-19(13-9-16)32(28,29)26-18-4-2-1-3-5-18/h1-13,26H,14H2. The molecule has 32 heavy (non-hydrogen) atoms. The number of ether oxygens (including phenoxy) is 1. The SMILES string of the molecule is O=C(OCc1noc(-c2ccc(F)cc2)n1)c1ccc(S(=O)(=O)Nc2ccccc2)cc1. The van der Waals surface area contributed by atoms with Gasteiger partial charge in [-0.05, 0) is 60.7 Å². The number of nitrogens with one attached hydrogen (secondary N) is 1. The Kier molecular flexibility index (Phi) is 5.95. The van der Waals surface area contributed by atoms with Gasteiger partial charge in [0.15, 0.2) is 6.61 Å². The van der Waals surface area contributed by atoms with Crippen molar-refractivity contribution in [2.24, 2.45) is 0 Å². The molecule has 0 radical (unpaired) electrons. The van der Waals surface area contributed by atoms with E-state index in [-0.39, 0.29) is 28.8 Å². The number of sulfonamides is 1. The summed E-state index contributed by atoms with van der Waals surface area (Å²) in [6.07, 6.45) is 0. The van der Waals surface area contributed by atoms with E-state index in [0.717, 1.165) is 0 Å². The van der Waals surface area contributed by atoms with Crippen molar-refractivity contribution in [2.75, 3.05) is 4.72 Å². The van der Waals surface area contributed by atoms with Crippen LogP contribution in [0.25, 0.3) is 11.5 Å². The quantitative estimate of drug-likeness (QED) is 0.421. The van der Waals surface area contributed by atoms with E-state index >= 15 is 0 Å². The summed E-state index contributed by atoms with van der Waals surface area (Å²) in [5, 5.41) is 3.72. The molecule has 0 bridgehead atoms. The van der Waals surface area contributed by atoms with Crippen LogP contribution in [-0.4, -0.2) is 24.5 Å². The lowest BCUT2D eigenvalue weighted by molar-refractivity contribution is 0.0459. The number of carbonyl (C=O) groups excluding carboxylic acids is 1. The second-order valence-corrected chi connectivity index (χ2v) is 8.28. The van der Waals surface area contributed by atoms with Crippen molar-refractivity contribution in [3.05, 3.63) is 96.1 Å². The first-order valence-electron chi connectivity index (χ1n) is 9.34. The van der Waals surface area contributed by atoms with E-state index in [0.29, 0.717) is 11.3 Å². The first-order valence-corrected chi connectivity index (χ1v) is 10.8. The molecule has 162 valence electrons. The zero-order valence-electron chi connectivity index (χ0n) is 16.4. The summed E-state index contributed by atoms with van der Waals surface area (Å²) in [5.41, 5.74) is 1.11. The molecule has 0 atom stereocenters. The Morgan fingerprint density at radius 2 is 1.66 bits per heavy atom. The third-order valence-corrected chi connectivity index (χ3v) is 5.72. The van der Waals surface area contributed by atoms with Crippen LogP contribution in [0, 0.1) is 5.82 Å². The minimum atomic E-state index is -3.80. The van der Waals surface area contributed by atoms with Gasteiger partial charge in [0, 0.05) is 11.3 Å². The van der Waals surface area contributed by atoms with Crippen LogP contribution in [0.3, 0.4) is 0 Å². The van der Waals surface area contributed by atoms with Crippen LogP contribution in [0.1, 0.15) is 16.2 Å². The van der Waals surface area contributed by atoms with Gasteiger partial charge in [0.2, 0.25) is 5.82 Å². The fourth-order valence-electron chi connectivity index (χ4n) is 2.73. The first-order chi connectivity index (χ1) is 15.4. The summed E-state index contributed by atoms with van der Waals surface area (Å²) in [6, 6.07) is 19.3. The maximum absolute atomic E-state index is 13.0. The maximum atomic E-state index is 13.0. The maximum Gasteiger partial charge on any atom is 0.338 e. The number of hydrogen-bond acceptors (Lipinski definition) is 7. The third-order valence-electron chi connectivity index (χ3n) is 4.32. The number of aromatic nitrogens is 2. The van der Waals surface area contributed by atoms with Crippen LogP contribution in [0.4, 0.5) is 10.1 Å². The lowest BCUT2D eigenvalue weighted by Crippen LogP contribution is -2.13. The van der Waals surface area contributed by atoms with Crippen LogP contribution >= 0.6 is 0 Å². The van der Waals surface area contributed by atoms with Crippen molar-refractivity contribution < 1.29 is 26.9 Å². The van der Waals surface area contributed by atoms with Crippen molar-refractivity contribution in [1.82, 2.24) is 10.1 Å². The molecule has 1 heterocycles. The van der Waals surface area contributed by atoms with Crippen molar-refractivity contribution in [3.8, 4) is 11.5 Å². The van der Waals surface area contributed by atoms with E-state index in [4.69, 9.17) is 9.26 Å². The van der Waals surface area contributed by atoms with Gasteiger partial charge in [-0.1, -0.05) is 23.4 Å². The summed E-state index contributed by atoms with van der Waals surface area (Å²) < 4.78 is 50.6. The molecule has 4 aromatic rings. The number of anilines is 1. The molecule has 1 N–H and O–H groups in total. The number of benzene rings is 3. The molecule has 0 saturated carbocycles. The largest absolute Gasteiger partial charge is 0.454 e. The minimum absolute atomic E-state index is 0.00000983. The average Bonchev–Trinajstić information content (AvgIpc) is 3.27. The molecule has 8 nitrogen and oxygen atoms in total. The van der Waals surface area contributed by atoms with Crippen LogP contribution in [-0.2, 0) is 21.4 Å². The molecule has 3 aromatic carbocycles. The van der Waals surface area contributed by atoms with Crippen LogP contribution in [0.5, 0.6) is 0 Å². The molecule has 0 unspecified atom stereocenters. The lowest BCUT2D eigenvalue weighted by Gasteiger charge is -2.08. The van der Waals surface area contributed by atoms with Crippen molar-refractivity contribution in [2.45, 2.75) is 11.5 Å². The predicted molar refractivity (Wildman–Crippen MR) is 113 cm³/mol. The van der Waals surface area contributed by atoms with E-state index in [9.17, 15) is 17.6 Å². The van der Waals surface area contributed by atoms with E-state index < -0.39 is 21.8 Å². The smallest absolute Gasteiger partial charge is 0.338 e. The second-order valence-electron chi connectivity index (χ2n) is 6.59. The number of hydrogen-bond donors (Lipinski definition) is 1. The summed E-state index contributed by atoms with van der Waals surface area (Å²) in [6.45, 7) is -0.251. The number of esters is 1. The van der Waals surface area contributed by atoms with Crippen molar-refractivity contribution >= 4 is 21.7 Å². The van der Waals surface area contributed by atoms with Crippen LogP contribution in [0.2, 0.25) is 0 Å². The highest BCUT2D eigenvalue weighted by Crippen LogP contribution is 2.19. The minimum Gasteiger partial charge on any atom is -0.454 e. The lowest BCUT2D eigenvalue weighted by atomic mass is 10.2. The van der Waals surface area contributed by atoms with Gasteiger partial charge < -0.3 is 9.26 Å². The molecule has 1 aromatic heterocycles. The zero-order valence-corrected chi connectivity index (χ0v) is 17.3. The van der Waals surface area contributed by atoms with E-state index in [1.807, 2.05) is 0 Å². The highest BCUT2D eigenvalue weighted by molar-refractivity contribution is 7.92. The Hall–Kier alpha value is -4.05. The monoisotopic (exact) mass is 453 g/mol. The molecule has 0 saturated heterocycles. The van der Waals surface area contributed by atoms with Crippen molar-refractivity contribution in [3.63, 3.8) is 0 Å². The summed E-state index contributed by atoms with van der Waals surface area (Å²) in [4.78, 5) is 16.4. The summed E-state index contributed by atoms with van der Waals surface area (Å²) in [7, 11) is -3.80. The topological polar surface area (TPSA) is 111 Å². The van der Waals surface area contributed by atoms with Gasteiger partial charge in [-0.3, -0.25) is 4.72 Å².